The normalized spacial score (nSPS) is 27.3. The van der Waals surface area contributed by atoms with Crippen molar-refractivity contribution in [2.24, 2.45) is 9.98 Å². The molecule has 1 aromatic carbocycles. The van der Waals surface area contributed by atoms with Crippen LogP contribution >= 0.6 is 0 Å². The lowest BCUT2D eigenvalue weighted by molar-refractivity contribution is -0.473. The molecule has 4 heterocycles. The molecule has 1 aliphatic carbocycles. The predicted octanol–water partition coefficient (Wildman–Crippen LogP) is 0.818. The van der Waals surface area contributed by atoms with Crippen LogP contribution in [0, 0.1) is 0 Å². The minimum absolute atomic E-state index is 0.0934. The second kappa shape index (κ2) is 8.73. The monoisotopic (exact) mass is 459 g/mol. The van der Waals surface area contributed by atoms with Crippen molar-refractivity contribution in [3.63, 3.8) is 0 Å². The molecular weight excluding hydrogens is 432 g/mol. The van der Waals surface area contributed by atoms with E-state index in [1.54, 1.807) is 12.3 Å². The van der Waals surface area contributed by atoms with Crippen LogP contribution < -0.4 is 10.6 Å². The number of aliphatic imine (C=N–C) groups is 2. The fraction of sp³-hybridized carbons (Fsp3) is 0.400. The number of hydrogen-bond acceptors (Lipinski definition) is 6. The maximum absolute atomic E-state index is 12.1. The second-order valence-corrected chi connectivity index (χ2v) is 9.21. The van der Waals surface area contributed by atoms with Gasteiger partial charge in [-0.25, -0.2) is 4.99 Å². The summed E-state index contributed by atoms with van der Waals surface area (Å²) in [7, 11) is 0. The quantitative estimate of drug-likeness (QED) is 0.386. The molecule has 1 aromatic rings. The Hall–Kier alpha value is -3.43. The number of fused-ring (bicyclic) bond motifs is 1. The van der Waals surface area contributed by atoms with Gasteiger partial charge in [-0.15, -0.1) is 0 Å². The van der Waals surface area contributed by atoms with Crippen LogP contribution in [-0.4, -0.2) is 77.6 Å². The van der Waals surface area contributed by atoms with Gasteiger partial charge in [0.15, 0.2) is 12.0 Å². The molecule has 5 aliphatic rings. The first kappa shape index (κ1) is 21.1. The Bertz CT molecular complexity index is 1200. The zero-order valence-electron chi connectivity index (χ0n) is 18.9. The average Bonchev–Trinajstić information content (AvgIpc) is 3.48. The summed E-state index contributed by atoms with van der Waals surface area (Å²) < 4.78 is 7.51. The van der Waals surface area contributed by atoms with Crippen molar-refractivity contribution in [2.75, 3.05) is 26.3 Å². The summed E-state index contributed by atoms with van der Waals surface area (Å²) in [5.74, 6) is 0.208. The lowest BCUT2D eigenvalue weighted by atomic mass is 10.1. The number of hydrogen-bond donors (Lipinski definition) is 2. The number of benzene rings is 1. The zero-order chi connectivity index (χ0) is 23.1. The number of imide groups is 1. The topological polar surface area (TPSA) is 98.4 Å². The van der Waals surface area contributed by atoms with Crippen LogP contribution in [0.4, 0.5) is 0 Å². The third kappa shape index (κ3) is 4.36. The maximum Gasteiger partial charge on any atom is 0.310 e. The average molecular weight is 460 g/mol. The van der Waals surface area contributed by atoms with Crippen LogP contribution in [-0.2, 0) is 20.9 Å². The smallest absolute Gasteiger partial charge is 0.310 e. The predicted molar refractivity (Wildman–Crippen MR) is 128 cm³/mol. The van der Waals surface area contributed by atoms with Crippen LogP contribution in [0.25, 0.3) is 5.70 Å². The van der Waals surface area contributed by atoms with Gasteiger partial charge in [0.25, 0.3) is 5.91 Å². The van der Waals surface area contributed by atoms with Gasteiger partial charge in [-0.2, -0.15) is 4.58 Å². The zero-order valence-corrected chi connectivity index (χ0v) is 18.9. The van der Waals surface area contributed by atoms with E-state index in [-0.39, 0.29) is 24.4 Å². The molecular formula is C25H27N6O3+. The van der Waals surface area contributed by atoms with Crippen molar-refractivity contribution in [1.29, 1.82) is 0 Å². The van der Waals surface area contributed by atoms with Crippen molar-refractivity contribution in [2.45, 2.75) is 38.0 Å². The lowest BCUT2D eigenvalue weighted by Gasteiger charge is -2.27. The molecule has 0 bridgehead atoms. The number of carbonyl (C=O) groups excluding carboxylic acids is 2. The molecule has 2 amide bonds. The molecule has 6 rings (SSSR count). The van der Waals surface area contributed by atoms with Crippen molar-refractivity contribution in [1.82, 2.24) is 15.5 Å². The first-order chi connectivity index (χ1) is 16.6. The summed E-state index contributed by atoms with van der Waals surface area (Å²) in [4.78, 5) is 35.7. The number of nitrogens with zero attached hydrogens (tertiary/aromatic N) is 4. The molecule has 174 valence electrons. The number of carbonyl (C=O) groups is 2. The van der Waals surface area contributed by atoms with E-state index in [2.05, 4.69) is 44.8 Å². The van der Waals surface area contributed by atoms with Crippen LogP contribution in [0.3, 0.4) is 0 Å². The summed E-state index contributed by atoms with van der Waals surface area (Å²) >= 11 is 0. The van der Waals surface area contributed by atoms with Gasteiger partial charge < -0.3 is 10.1 Å². The summed E-state index contributed by atoms with van der Waals surface area (Å²) in [6.07, 6.45) is 7.54. The second-order valence-electron chi connectivity index (χ2n) is 9.21. The summed E-state index contributed by atoms with van der Waals surface area (Å²) in [5.41, 5.74) is 4.48. The van der Waals surface area contributed by atoms with Gasteiger partial charge in [-0.05, 0) is 24.5 Å². The summed E-state index contributed by atoms with van der Waals surface area (Å²) in [5, 5.41) is 5.87. The fourth-order valence-electron chi connectivity index (χ4n) is 4.56. The van der Waals surface area contributed by atoms with Gasteiger partial charge in [0, 0.05) is 36.8 Å². The molecule has 1 saturated carbocycles. The first-order valence-corrected chi connectivity index (χ1v) is 11.8. The van der Waals surface area contributed by atoms with Gasteiger partial charge >= 0.3 is 6.17 Å². The van der Waals surface area contributed by atoms with Crippen molar-refractivity contribution in [3.05, 3.63) is 53.2 Å². The van der Waals surface area contributed by atoms with Crippen molar-refractivity contribution < 1.29 is 18.9 Å². The highest BCUT2D eigenvalue weighted by Gasteiger charge is 2.39. The molecule has 3 fully saturated rings. The van der Waals surface area contributed by atoms with E-state index in [0.717, 1.165) is 68.5 Å². The molecule has 2 N–H and O–H groups in total. The lowest BCUT2D eigenvalue weighted by Crippen LogP contribution is -2.43. The molecule has 2 saturated heterocycles. The van der Waals surface area contributed by atoms with E-state index in [0.29, 0.717) is 11.6 Å². The molecule has 0 spiro atoms. The van der Waals surface area contributed by atoms with E-state index in [1.807, 2.05) is 10.8 Å². The molecule has 0 radical (unpaired) electrons. The molecule has 0 aromatic heterocycles. The largest absolute Gasteiger partial charge is 0.379 e. The highest BCUT2D eigenvalue weighted by Crippen LogP contribution is 2.27. The van der Waals surface area contributed by atoms with E-state index in [4.69, 9.17) is 9.73 Å². The Labute approximate surface area is 197 Å². The van der Waals surface area contributed by atoms with Crippen molar-refractivity contribution in [3.8, 4) is 0 Å². The molecule has 9 heteroatoms. The molecule has 1 atom stereocenters. The number of allylic oxidation sites excluding steroid dienone is 1. The van der Waals surface area contributed by atoms with E-state index in [9.17, 15) is 9.59 Å². The standard InChI is InChI=1S/C25H26N6O3/c32-22-12-18(25(33)29-22)11-20-13-26-24-23(27-19-4-5-19)28-21(15-31(20)24)17-3-1-2-16(10-17)14-30-6-8-34-9-7-30/h1-3,10-11,13,15,19,24H,4-9,12,14H2,(H-,26,27,28,29,32,33)/p+1. The number of nitrogens with one attached hydrogen (secondary N) is 2. The summed E-state index contributed by atoms with van der Waals surface area (Å²) in [6.45, 7) is 4.33. The van der Waals surface area contributed by atoms with Crippen LogP contribution in [0.1, 0.15) is 30.4 Å². The minimum Gasteiger partial charge on any atom is -0.379 e. The Kier molecular flexibility index (Phi) is 5.43. The van der Waals surface area contributed by atoms with Gasteiger partial charge in [0.05, 0.1) is 25.7 Å². The number of rotatable bonds is 5. The Morgan fingerprint density at radius 3 is 2.82 bits per heavy atom. The summed E-state index contributed by atoms with van der Waals surface area (Å²) in [6, 6.07) is 8.88. The Morgan fingerprint density at radius 2 is 2.06 bits per heavy atom. The molecule has 9 nitrogen and oxygen atoms in total. The van der Waals surface area contributed by atoms with Crippen LogP contribution in [0.5, 0.6) is 0 Å². The van der Waals surface area contributed by atoms with Crippen LogP contribution in [0.15, 0.2) is 52.1 Å². The van der Waals surface area contributed by atoms with Crippen LogP contribution in [0.2, 0.25) is 0 Å². The maximum atomic E-state index is 12.1. The molecule has 4 aliphatic heterocycles. The fourth-order valence-corrected chi connectivity index (χ4v) is 4.56. The van der Waals surface area contributed by atoms with Crippen molar-refractivity contribution >= 4 is 35.3 Å². The number of amidine groups is 1. The number of amides is 2. The third-order valence-corrected chi connectivity index (χ3v) is 6.52. The Morgan fingerprint density at radius 1 is 1.21 bits per heavy atom. The third-order valence-electron chi connectivity index (χ3n) is 6.52. The van der Waals surface area contributed by atoms with E-state index >= 15 is 0 Å². The van der Waals surface area contributed by atoms with E-state index in [1.165, 1.54) is 5.56 Å². The van der Waals surface area contributed by atoms with Gasteiger partial charge in [-0.1, -0.05) is 18.2 Å². The SMILES string of the molecule is O=C1C/C(=C\C2=[N+]3C=C(c4cccc(CN5CCOCC5)c4)NC(=NC4CC4)C3N=C2)C(=O)N1. The van der Waals surface area contributed by atoms with Gasteiger partial charge in [0.2, 0.25) is 11.6 Å². The number of morpholine rings is 1. The van der Waals surface area contributed by atoms with Gasteiger partial charge in [-0.3, -0.25) is 24.8 Å². The van der Waals surface area contributed by atoms with E-state index < -0.39 is 0 Å². The number of ether oxygens (including phenoxy) is 1. The highest BCUT2D eigenvalue weighted by atomic mass is 16.5. The highest BCUT2D eigenvalue weighted by molar-refractivity contribution is 6.36. The minimum atomic E-state index is -0.337. The molecule has 1 unspecified atom stereocenters. The Balaban J connectivity index is 1.34. The molecule has 34 heavy (non-hydrogen) atoms. The first-order valence-electron chi connectivity index (χ1n) is 11.8. The van der Waals surface area contributed by atoms with Gasteiger partial charge in [0.1, 0.15) is 11.9 Å².